The zero-order valence-corrected chi connectivity index (χ0v) is 11.9. The summed E-state index contributed by atoms with van der Waals surface area (Å²) >= 11 is 5.06. The molecule has 2 N–H and O–H groups in total. The molecule has 0 bridgehead atoms. The second-order valence-electron chi connectivity index (χ2n) is 3.57. The van der Waals surface area contributed by atoms with E-state index in [0.717, 1.165) is 11.4 Å². The van der Waals surface area contributed by atoms with E-state index in [0.29, 0.717) is 18.3 Å². The van der Waals surface area contributed by atoms with Gasteiger partial charge >= 0.3 is 5.97 Å². The number of ether oxygens (including phenoxy) is 2. The van der Waals surface area contributed by atoms with Crippen molar-refractivity contribution >= 4 is 29.0 Å². The SMILES string of the molecule is CCOC(=O)CNC(=S)Nc1ccc(OCC)cc1. The number of nitrogens with one attached hydrogen (secondary N) is 2. The molecule has 5 nitrogen and oxygen atoms in total. The highest BCUT2D eigenvalue weighted by Crippen LogP contribution is 2.15. The Kier molecular flexibility index (Phi) is 6.67. The lowest BCUT2D eigenvalue weighted by atomic mass is 10.3. The van der Waals surface area contributed by atoms with Crippen LogP contribution < -0.4 is 15.4 Å². The molecule has 0 aliphatic carbocycles. The fourth-order valence-corrected chi connectivity index (χ4v) is 1.53. The van der Waals surface area contributed by atoms with Crippen LogP contribution in [0.3, 0.4) is 0 Å². The number of anilines is 1. The minimum absolute atomic E-state index is 0.0523. The summed E-state index contributed by atoms with van der Waals surface area (Å²) in [5.41, 5.74) is 0.824. The Labute approximate surface area is 118 Å². The van der Waals surface area contributed by atoms with Crippen LogP contribution in [0.25, 0.3) is 0 Å². The van der Waals surface area contributed by atoms with Crippen LogP contribution in [0.1, 0.15) is 13.8 Å². The normalized spacial score (nSPS) is 9.58. The first-order valence-corrected chi connectivity index (χ1v) is 6.49. The van der Waals surface area contributed by atoms with E-state index in [4.69, 9.17) is 21.7 Å². The highest BCUT2D eigenvalue weighted by Gasteiger charge is 2.03. The monoisotopic (exact) mass is 282 g/mol. The van der Waals surface area contributed by atoms with Gasteiger partial charge in [0, 0.05) is 5.69 Å². The molecular weight excluding hydrogens is 264 g/mol. The summed E-state index contributed by atoms with van der Waals surface area (Å²) in [4.78, 5) is 11.1. The molecule has 0 spiro atoms. The number of hydrogen-bond donors (Lipinski definition) is 2. The molecule has 0 amide bonds. The third-order valence-electron chi connectivity index (χ3n) is 2.12. The Balaban J connectivity index is 2.37. The third-order valence-corrected chi connectivity index (χ3v) is 2.37. The Bertz CT molecular complexity index is 420. The van der Waals surface area contributed by atoms with E-state index >= 15 is 0 Å². The number of hydrogen-bond acceptors (Lipinski definition) is 4. The van der Waals surface area contributed by atoms with Crippen molar-refractivity contribution in [2.24, 2.45) is 0 Å². The van der Waals surface area contributed by atoms with Crippen LogP contribution in [-0.4, -0.2) is 30.8 Å². The van der Waals surface area contributed by atoms with E-state index in [1.54, 1.807) is 6.92 Å². The summed E-state index contributed by atoms with van der Waals surface area (Å²) in [7, 11) is 0. The second-order valence-corrected chi connectivity index (χ2v) is 3.98. The molecule has 0 unspecified atom stereocenters. The van der Waals surface area contributed by atoms with E-state index in [1.165, 1.54) is 0 Å². The molecule has 1 aromatic carbocycles. The largest absolute Gasteiger partial charge is 0.494 e. The maximum atomic E-state index is 11.1. The van der Waals surface area contributed by atoms with Gasteiger partial charge in [0.1, 0.15) is 12.3 Å². The fraction of sp³-hybridized carbons (Fsp3) is 0.385. The van der Waals surface area contributed by atoms with Crippen molar-refractivity contribution in [1.82, 2.24) is 5.32 Å². The average molecular weight is 282 g/mol. The number of carbonyl (C=O) groups is 1. The van der Waals surface area contributed by atoms with E-state index in [9.17, 15) is 4.79 Å². The zero-order valence-electron chi connectivity index (χ0n) is 11.1. The minimum Gasteiger partial charge on any atom is -0.494 e. The minimum atomic E-state index is -0.335. The van der Waals surface area contributed by atoms with Gasteiger partial charge in [0.25, 0.3) is 0 Å². The van der Waals surface area contributed by atoms with Crippen molar-refractivity contribution in [3.8, 4) is 5.75 Å². The van der Waals surface area contributed by atoms with Gasteiger partial charge in [-0.1, -0.05) is 0 Å². The first-order valence-electron chi connectivity index (χ1n) is 6.09. The Morgan fingerprint density at radius 2 is 1.89 bits per heavy atom. The van der Waals surface area contributed by atoms with Crippen LogP contribution in [0.5, 0.6) is 5.75 Å². The number of esters is 1. The van der Waals surface area contributed by atoms with Crippen molar-refractivity contribution in [1.29, 1.82) is 0 Å². The molecule has 1 rings (SSSR count). The van der Waals surface area contributed by atoms with E-state index in [2.05, 4.69) is 10.6 Å². The molecule has 0 aliphatic heterocycles. The summed E-state index contributed by atoms with van der Waals surface area (Å²) in [6.07, 6.45) is 0. The van der Waals surface area contributed by atoms with Gasteiger partial charge in [-0.05, 0) is 50.3 Å². The number of rotatable bonds is 6. The molecule has 104 valence electrons. The van der Waals surface area contributed by atoms with Gasteiger partial charge in [-0.25, -0.2) is 0 Å². The Hall–Kier alpha value is -1.82. The summed E-state index contributed by atoms with van der Waals surface area (Å²) in [6.45, 7) is 4.73. The summed E-state index contributed by atoms with van der Waals surface area (Å²) < 4.78 is 10.1. The second kappa shape index (κ2) is 8.31. The van der Waals surface area contributed by atoms with Crippen LogP contribution in [0.4, 0.5) is 5.69 Å². The molecule has 0 radical (unpaired) electrons. The van der Waals surface area contributed by atoms with Crippen molar-refractivity contribution in [2.75, 3.05) is 25.1 Å². The van der Waals surface area contributed by atoms with E-state index < -0.39 is 0 Å². The molecule has 1 aromatic rings. The maximum Gasteiger partial charge on any atom is 0.325 e. The van der Waals surface area contributed by atoms with Crippen molar-refractivity contribution in [3.63, 3.8) is 0 Å². The van der Waals surface area contributed by atoms with Gasteiger partial charge in [0.15, 0.2) is 5.11 Å². The van der Waals surface area contributed by atoms with Crippen LogP contribution in [0, 0.1) is 0 Å². The molecule has 0 saturated heterocycles. The van der Waals surface area contributed by atoms with Gasteiger partial charge < -0.3 is 20.1 Å². The molecule has 0 atom stereocenters. The van der Waals surface area contributed by atoms with E-state index in [1.807, 2.05) is 31.2 Å². The summed E-state index contributed by atoms with van der Waals surface area (Å²) in [6, 6.07) is 7.40. The van der Waals surface area contributed by atoms with Crippen LogP contribution in [0.15, 0.2) is 24.3 Å². The predicted molar refractivity (Wildman–Crippen MR) is 78.5 cm³/mol. The zero-order chi connectivity index (χ0) is 14.1. The quantitative estimate of drug-likeness (QED) is 0.614. The van der Waals surface area contributed by atoms with E-state index in [-0.39, 0.29) is 12.5 Å². The lowest BCUT2D eigenvalue weighted by molar-refractivity contribution is -0.141. The molecule has 0 aliphatic rings. The molecular formula is C13H18N2O3S. The molecule has 0 fully saturated rings. The molecule has 0 saturated carbocycles. The number of benzene rings is 1. The lowest BCUT2D eigenvalue weighted by Crippen LogP contribution is -2.33. The standard InChI is InChI=1S/C13H18N2O3S/c1-3-17-11-7-5-10(6-8-11)15-13(19)14-9-12(16)18-4-2/h5-8H,3-4,9H2,1-2H3,(H2,14,15,19). The Morgan fingerprint density at radius 1 is 1.21 bits per heavy atom. The van der Waals surface area contributed by atoms with Crippen LogP contribution in [0.2, 0.25) is 0 Å². The highest BCUT2D eigenvalue weighted by atomic mass is 32.1. The number of thiocarbonyl (C=S) groups is 1. The average Bonchev–Trinajstić information content (AvgIpc) is 2.39. The molecule has 19 heavy (non-hydrogen) atoms. The Morgan fingerprint density at radius 3 is 2.47 bits per heavy atom. The topological polar surface area (TPSA) is 59.6 Å². The van der Waals surface area contributed by atoms with Crippen LogP contribution in [-0.2, 0) is 9.53 Å². The first kappa shape index (κ1) is 15.2. The van der Waals surface area contributed by atoms with Gasteiger partial charge in [-0.3, -0.25) is 4.79 Å². The fourth-order valence-electron chi connectivity index (χ4n) is 1.34. The molecule has 0 heterocycles. The van der Waals surface area contributed by atoms with Gasteiger partial charge in [0.05, 0.1) is 13.2 Å². The summed E-state index contributed by atoms with van der Waals surface area (Å²) in [5, 5.41) is 6.11. The molecule has 6 heteroatoms. The predicted octanol–water partition coefficient (Wildman–Crippen LogP) is 1.93. The van der Waals surface area contributed by atoms with Crippen LogP contribution >= 0.6 is 12.2 Å². The third kappa shape index (κ3) is 6.05. The van der Waals surface area contributed by atoms with Crippen molar-refractivity contribution in [3.05, 3.63) is 24.3 Å². The van der Waals surface area contributed by atoms with Crippen molar-refractivity contribution < 1.29 is 14.3 Å². The van der Waals surface area contributed by atoms with Crippen molar-refractivity contribution in [2.45, 2.75) is 13.8 Å². The van der Waals surface area contributed by atoms with Gasteiger partial charge in [-0.15, -0.1) is 0 Å². The van der Waals surface area contributed by atoms with Gasteiger partial charge in [0.2, 0.25) is 0 Å². The van der Waals surface area contributed by atoms with Gasteiger partial charge in [-0.2, -0.15) is 0 Å². The smallest absolute Gasteiger partial charge is 0.325 e. The summed E-state index contributed by atoms with van der Waals surface area (Å²) in [5.74, 6) is 0.469. The maximum absolute atomic E-state index is 11.1. The number of carbonyl (C=O) groups excluding carboxylic acids is 1. The molecule has 0 aromatic heterocycles. The lowest BCUT2D eigenvalue weighted by Gasteiger charge is -2.10. The first-order chi connectivity index (χ1) is 9.15. The highest BCUT2D eigenvalue weighted by molar-refractivity contribution is 7.80.